The summed E-state index contributed by atoms with van der Waals surface area (Å²) in [7, 11) is 0. The van der Waals surface area contributed by atoms with Gasteiger partial charge in [0.05, 0.1) is 6.10 Å². The van der Waals surface area contributed by atoms with E-state index < -0.39 is 0 Å². The Kier molecular flexibility index (Phi) is 2.16. The van der Waals surface area contributed by atoms with Gasteiger partial charge in [0.15, 0.2) is 0 Å². The van der Waals surface area contributed by atoms with E-state index in [0.717, 1.165) is 18.8 Å². The lowest BCUT2D eigenvalue weighted by Crippen LogP contribution is -2.43. The monoisotopic (exact) mass is 168 g/mol. The van der Waals surface area contributed by atoms with Gasteiger partial charge in [-0.2, -0.15) is 0 Å². The van der Waals surface area contributed by atoms with E-state index in [1.165, 1.54) is 32.1 Å². The minimum Gasteiger partial charge on any atom is -0.393 e. The van der Waals surface area contributed by atoms with Crippen molar-refractivity contribution in [2.24, 2.45) is 11.3 Å². The molecule has 0 atom stereocenters. The van der Waals surface area contributed by atoms with Gasteiger partial charge in [0.25, 0.3) is 0 Å². The number of aliphatic hydroxyl groups is 1. The van der Waals surface area contributed by atoms with E-state index in [-0.39, 0.29) is 6.10 Å². The lowest BCUT2D eigenvalue weighted by Gasteiger charge is -2.49. The Morgan fingerprint density at radius 1 is 1.25 bits per heavy atom. The lowest BCUT2D eigenvalue weighted by molar-refractivity contribution is -0.0619. The molecule has 0 unspecified atom stereocenters. The lowest BCUT2D eigenvalue weighted by atomic mass is 9.57. The molecule has 70 valence electrons. The van der Waals surface area contributed by atoms with Gasteiger partial charge in [-0.3, -0.25) is 0 Å². The third kappa shape index (κ3) is 1.39. The van der Waals surface area contributed by atoms with Gasteiger partial charge >= 0.3 is 0 Å². The maximum absolute atomic E-state index is 9.29. The van der Waals surface area contributed by atoms with E-state index in [4.69, 9.17) is 0 Å². The molecule has 0 bridgehead atoms. The zero-order valence-electron chi connectivity index (χ0n) is 8.05. The average Bonchev–Trinajstić information content (AvgIpc) is 2.04. The van der Waals surface area contributed by atoms with Gasteiger partial charge in [0.2, 0.25) is 0 Å². The Bertz CT molecular complexity index is 148. The molecular weight excluding hydrogens is 148 g/mol. The summed E-state index contributed by atoms with van der Waals surface area (Å²) in [5.74, 6) is 0.994. The summed E-state index contributed by atoms with van der Waals surface area (Å²) in [4.78, 5) is 0. The molecule has 12 heavy (non-hydrogen) atoms. The molecule has 0 aromatic rings. The summed E-state index contributed by atoms with van der Waals surface area (Å²) < 4.78 is 0. The van der Waals surface area contributed by atoms with Crippen molar-refractivity contribution >= 4 is 0 Å². The molecule has 0 amide bonds. The van der Waals surface area contributed by atoms with Gasteiger partial charge < -0.3 is 5.11 Å². The van der Waals surface area contributed by atoms with Crippen molar-refractivity contribution in [3.63, 3.8) is 0 Å². The fourth-order valence-electron chi connectivity index (χ4n) is 3.05. The molecule has 0 saturated heterocycles. The Morgan fingerprint density at radius 2 is 1.83 bits per heavy atom. The van der Waals surface area contributed by atoms with Crippen LogP contribution in [0.1, 0.15) is 51.9 Å². The van der Waals surface area contributed by atoms with E-state index in [1.54, 1.807) is 0 Å². The Balaban J connectivity index is 1.83. The molecule has 2 aliphatic rings. The van der Waals surface area contributed by atoms with Gasteiger partial charge in [0.1, 0.15) is 0 Å². The van der Waals surface area contributed by atoms with Gasteiger partial charge in [-0.1, -0.05) is 13.3 Å². The van der Waals surface area contributed by atoms with Crippen LogP contribution in [0.2, 0.25) is 0 Å². The standard InChI is InChI=1S/C11H20O/c1-2-9-3-5-11(6-4-9)7-10(12)8-11/h9-10,12H,2-8H2,1H3. The van der Waals surface area contributed by atoms with Gasteiger partial charge in [-0.05, 0) is 49.9 Å². The van der Waals surface area contributed by atoms with Crippen LogP contribution in [0.3, 0.4) is 0 Å². The van der Waals surface area contributed by atoms with Crippen molar-refractivity contribution in [2.75, 3.05) is 0 Å². The molecule has 0 aromatic carbocycles. The second-order valence-corrected chi connectivity index (χ2v) is 4.91. The Hall–Kier alpha value is -0.0400. The molecule has 1 spiro atoms. The van der Waals surface area contributed by atoms with Crippen molar-refractivity contribution in [1.82, 2.24) is 0 Å². The van der Waals surface area contributed by atoms with Crippen molar-refractivity contribution in [2.45, 2.75) is 58.0 Å². The normalized spacial score (nSPS) is 47.5. The summed E-state index contributed by atoms with van der Waals surface area (Å²) in [6.07, 6.45) is 9.23. The quantitative estimate of drug-likeness (QED) is 0.638. The molecule has 1 heteroatoms. The number of hydrogen-bond acceptors (Lipinski definition) is 1. The minimum absolute atomic E-state index is 0.0446. The van der Waals surface area contributed by atoms with Crippen LogP contribution >= 0.6 is 0 Å². The Labute approximate surface area is 75.2 Å². The van der Waals surface area contributed by atoms with Gasteiger partial charge in [-0.25, -0.2) is 0 Å². The first-order chi connectivity index (χ1) is 5.74. The van der Waals surface area contributed by atoms with E-state index in [0.29, 0.717) is 5.41 Å². The largest absolute Gasteiger partial charge is 0.393 e. The number of aliphatic hydroxyl groups excluding tert-OH is 1. The highest BCUT2D eigenvalue weighted by molar-refractivity contribution is 4.96. The fourth-order valence-corrected chi connectivity index (χ4v) is 3.05. The molecule has 2 fully saturated rings. The average molecular weight is 168 g/mol. The van der Waals surface area contributed by atoms with Crippen molar-refractivity contribution in [3.05, 3.63) is 0 Å². The zero-order valence-corrected chi connectivity index (χ0v) is 8.05. The Morgan fingerprint density at radius 3 is 2.25 bits per heavy atom. The second-order valence-electron chi connectivity index (χ2n) is 4.91. The summed E-state index contributed by atoms with van der Waals surface area (Å²) in [5, 5.41) is 9.29. The molecule has 0 aromatic heterocycles. The first-order valence-electron chi connectivity index (χ1n) is 5.42. The predicted octanol–water partition coefficient (Wildman–Crippen LogP) is 2.73. The van der Waals surface area contributed by atoms with Crippen LogP contribution in [0.15, 0.2) is 0 Å². The summed E-state index contributed by atoms with van der Waals surface area (Å²) in [5.41, 5.74) is 0.602. The molecule has 0 radical (unpaired) electrons. The van der Waals surface area contributed by atoms with Crippen LogP contribution in [-0.2, 0) is 0 Å². The van der Waals surface area contributed by atoms with E-state index in [1.807, 2.05) is 0 Å². The summed E-state index contributed by atoms with van der Waals surface area (Å²) in [6.45, 7) is 2.30. The van der Waals surface area contributed by atoms with Crippen molar-refractivity contribution < 1.29 is 5.11 Å². The highest BCUT2D eigenvalue weighted by Crippen LogP contribution is 2.53. The number of hydrogen-bond donors (Lipinski definition) is 1. The first-order valence-corrected chi connectivity index (χ1v) is 5.42. The molecule has 0 heterocycles. The molecule has 2 saturated carbocycles. The summed E-state index contributed by atoms with van der Waals surface area (Å²) in [6, 6.07) is 0. The second kappa shape index (κ2) is 3.02. The van der Waals surface area contributed by atoms with E-state index >= 15 is 0 Å². The van der Waals surface area contributed by atoms with Crippen molar-refractivity contribution in [3.8, 4) is 0 Å². The molecular formula is C11H20O. The van der Waals surface area contributed by atoms with Gasteiger partial charge in [0, 0.05) is 0 Å². The molecule has 1 N–H and O–H groups in total. The highest BCUT2D eigenvalue weighted by Gasteiger charge is 2.44. The molecule has 0 aliphatic heterocycles. The van der Waals surface area contributed by atoms with Crippen molar-refractivity contribution in [1.29, 1.82) is 0 Å². The van der Waals surface area contributed by atoms with Crippen LogP contribution < -0.4 is 0 Å². The van der Waals surface area contributed by atoms with E-state index in [9.17, 15) is 5.11 Å². The zero-order chi connectivity index (χ0) is 8.60. The van der Waals surface area contributed by atoms with Crippen LogP contribution in [-0.4, -0.2) is 11.2 Å². The maximum atomic E-state index is 9.29. The topological polar surface area (TPSA) is 20.2 Å². The number of rotatable bonds is 1. The molecule has 2 rings (SSSR count). The highest BCUT2D eigenvalue weighted by atomic mass is 16.3. The smallest absolute Gasteiger partial charge is 0.0550 e. The van der Waals surface area contributed by atoms with Gasteiger partial charge in [-0.15, -0.1) is 0 Å². The van der Waals surface area contributed by atoms with Crippen LogP contribution in [0, 0.1) is 11.3 Å². The third-order valence-electron chi connectivity index (χ3n) is 4.08. The summed E-state index contributed by atoms with van der Waals surface area (Å²) >= 11 is 0. The predicted molar refractivity (Wildman–Crippen MR) is 49.9 cm³/mol. The maximum Gasteiger partial charge on any atom is 0.0550 e. The molecule has 1 nitrogen and oxygen atoms in total. The fraction of sp³-hybridized carbons (Fsp3) is 1.00. The first kappa shape index (κ1) is 8.55. The SMILES string of the molecule is CCC1CCC2(CC1)CC(O)C2. The van der Waals surface area contributed by atoms with E-state index in [2.05, 4.69) is 6.92 Å². The third-order valence-corrected chi connectivity index (χ3v) is 4.08. The molecule has 2 aliphatic carbocycles. The van der Waals surface area contributed by atoms with Crippen LogP contribution in [0.5, 0.6) is 0 Å². The van der Waals surface area contributed by atoms with Crippen LogP contribution in [0.25, 0.3) is 0 Å². The minimum atomic E-state index is 0.0446. The van der Waals surface area contributed by atoms with Crippen LogP contribution in [0.4, 0.5) is 0 Å².